The number of hydrogen-bond acceptors (Lipinski definition) is 0. The summed E-state index contributed by atoms with van der Waals surface area (Å²) in [7, 11) is 0. The van der Waals surface area contributed by atoms with Crippen molar-refractivity contribution in [3.63, 3.8) is 0 Å². The maximum Gasteiger partial charge on any atom is 0.0181 e. The highest BCUT2D eigenvalue weighted by molar-refractivity contribution is 14.1. The van der Waals surface area contributed by atoms with Gasteiger partial charge in [0.2, 0.25) is 0 Å². The van der Waals surface area contributed by atoms with Crippen LogP contribution in [0.3, 0.4) is 0 Å². The first-order valence-corrected chi connectivity index (χ1v) is 9.04. The van der Waals surface area contributed by atoms with Gasteiger partial charge in [0.05, 0.1) is 0 Å². The smallest absolute Gasteiger partial charge is 0.0181 e. The zero-order chi connectivity index (χ0) is 14.7. The predicted molar refractivity (Wildman–Crippen MR) is 98.4 cm³/mol. The van der Waals surface area contributed by atoms with Gasteiger partial charge in [0.15, 0.2) is 0 Å². The molecule has 0 atom stereocenters. The number of unbranched alkanes of at least 4 members (excludes halogenated alkanes) is 10. The van der Waals surface area contributed by atoms with Gasteiger partial charge < -0.3 is 0 Å². The van der Waals surface area contributed by atoms with E-state index in [2.05, 4.69) is 63.0 Å². The zero-order valence-electron chi connectivity index (χ0n) is 12.9. The van der Waals surface area contributed by atoms with Gasteiger partial charge >= 0.3 is 0 Å². The molecule has 0 heterocycles. The summed E-state index contributed by atoms with van der Waals surface area (Å²) in [5.41, 5.74) is 0. The third-order valence-corrected chi connectivity index (χ3v) is 3.45. The second-order valence-electron chi connectivity index (χ2n) is 4.95. The van der Waals surface area contributed by atoms with Gasteiger partial charge in [0.1, 0.15) is 0 Å². The van der Waals surface area contributed by atoms with Crippen LogP contribution in [-0.4, -0.2) is 0 Å². The Hall–Kier alpha value is -0.590. The lowest BCUT2D eigenvalue weighted by molar-refractivity contribution is 0.614. The van der Waals surface area contributed by atoms with Crippen LogP contribution in [0.2, 0.25) is 0 Å². The van der Waals surface area contributed by atoms with Gasteiger partial charge in [-0.15, -0.1) is 0 Å². The Labute approximate surface area is 140 Å². The van der Waals surface area contributed by atoms with Crippen molar-refractivity contribution >= 4 is 22.6 Å². The van der Waals surface area contributed by atoms with Crippen molar-refractivity contribution in [1.29, 1.82) is 0 Å². The average Bonchev–Trinajstić information content (AvgIpc) is 2.47. The summed E-state index contributed by atoms with van der Waals surface area (Å²) in [5.74, 6) is 15.3. The van der Waals surface area contributed by atoms with Crippen LogP contribution in [0.25, 0.3) is 0 Å². The first kappa shape index (κ1) is 19.4. The molecule has 0 aromatic rings. The third kappa shape index (κ3) is 17.4. The molecule has 0 aromatic heterocycles. The van der Waals surface area contributed by atoms with E-state index in [9.17, 15) is 0 Å². The van der Waals surface area contributed by atoms with E-state index in [0.717, 1.165) is 19.3 Å². The lowest BCUT2D eigenvalue weighted by Crippen LogP contribution is -1.77. The minimum Gasteiger partial charge on any atom is -0.0919 e. The molecule has 0 bridgehead atoms. The predicted octanol–water partition coefficient (Wildman–Crippen LogP) is 6.09. The Morgan fingerprint density at radius 1 is 0.600 bits per heavy atom. The monoisotopic (exact) mass is 382 g/mol. The van der Waals surface area contributed by atoms with E-state index < -0.39 is 0 Å². The van der Waals surface area contributed by atoms with Crippen molar-refractivity contribution < 1.29 is 0 Å². The van der Waals surface area contributed by atoms with Crippen molar-refractivity contribution in [2.24, 2.45) is 0 Å². The van der Waals surface area contributed by atoms with Gasteiger partial charge in [-0.1, -0.05) is 63.2 Å². The molecular formula is C19H27I. The van der Waals surface area contributed by atoms with Crippen LogP contribution in [-0.2, 0) is 0 Å². The minimum absolute atomic E-state index is 0.976. The van der Waals surface area contributed by atoms with Crippen LogP contribution >= 0.6 is 22.6 Å². The minimum atomic E-state index is 0.976. The molecular weight excluding hydrogens is 355 g/mol. The second-order valence-corrected chi connectivity index (χ2v) is 5.49. The second kappa shape index (κ2) is 18.4. The van der Waals surface area contributed by atoms with E-state index in [1.165, 1.54) is 57.8 Å². The Morgan fingerprint density at radius 3 is 1.60 bits per heavy atom. The molecule has 0 aliphatic rings. The van der Waals surface area contributed by atoms with Gasteiger partial charge in [-0.3, -0.25) is 0 Å². The fourth-order valence-corrected chi connectivity index (χ4v) is 2.13. The molecule has 0 aliphatic carbocycles. The lowest BCUT2D eigenvalue weighted by atomic mass is 10.1. The maximum absolute atomic E-state index is 3.15. The molecule has 0 unspecified atom stereocenters. The molecule has 110 valence electrons. The van der Waals surface area contributed by atoms with Gasteiger partial charge in [-0.2, -0.15) is 0 Å². The van der Waals surface area contributed by atoms with E-state index >= 15 is 0 Å². The average molecular weight is 382 g/mol. The zero-order valence-corrected chi connectivity index (χ0v) is 15.0. The molecule has 0 nitrogen and oxygen atoms in total. The molecule has 0 aromatic carbocycles. The molecule has 0 amide bonds. The number of rotatable bonds is 10. The van der Waals surface area contributed by atoms with Gasteiger partial charge in [0.25, 0.3) is 0 Å². The van der Waals surface area contributed by atoms with Crippen LogP contribution < -0.4 is 0 Å². The van der Waals surface area contributed by atoms with E-state index in [-0.39, 0.29) is 0 Å². The Kier molecular flexibility index (Phi) is 17.9. The van der Waals surface area contributed by atoms with Crippen molar-refractivity contribution in [2.45, 2.75) is 84.0 Å². The van der Waals surface area contributed by atoms with Gasteiger partial charge in [-0.05, 0) is 35.0 Å². The fraction of sp³-hybridized carbons (Fsp3) is 0.684. The normalized spacial score (nSPS) is 8.70. The first-order chi connectivity index (χ1) is 9.91. The molecule has 1 heteroatoms. The van der Waals surface area contributed by atoms with Crippen LogP contribution in [0.15, 0.2) is 0 Å². The molecule has 0 fully saturated rings. The largest absolute Gasteiger partial charge is 0.0919 e. The molecule has 20 heavy (non-hydrogen) atoms. The summed E-state index contributed by atoms with van der Waals surface area (Å²) in [4.78, 5) is 0. The summed E-state index contributed by atoms with van der Waals surface area (Å²) in [6.45, 7) is 2.25. The summed E-state index contributed by atoms with van der Waals surface area (Å²) in [5, 5.41) is 0. The molecule has 0 N–H and O–H groups in total. The highest BCUT2D eigenvalue weighted by atomic mass is 127. The number of halogens is 1. The summed E-state index contributed by atoms with van der Waals surface area (Å²) >= 11 is 2.09. The quantitative estimate of drug-likeness (QED) is 0.244. The highest BCUT2D eigenvalue weighted by Crippen LogP contribution is 2.06. The molecule has 0 radical (unpaired) electrons. The van der Waals surface area contributed by atoms with Crippen LogP contribution in [0.5, 0.6) is 0 Å². The van der Waals surface area contributed by atoms with E-state index in [1.807, 2.05) is 0 Å². The summed E-state index contributed by atoms with van der Waals surface area (Å²) in [6.07, 6.45) is 14.6. The van der Waals surface area contributed by atoms with Crippen LogP contribution in [0.4, 0.5) is 0 Å². The SMILES string of the molecule is CCCCCCCCC#CC#CCCCCCC#CI. The first-order valence-electron chi connectivity index (χ1n) is 7.96. The Bertz CT molecular complexity index is 375. The molecule has 0 aliphatic heterocycles. The maximum atomic E-state index is 3.15. The topological polar surface area (TPSA) is 0 Å². The van der Waals surface area contributed by atoms with Crippen molar-refractivity contribution in [2.75, 3.05) is 0 Å². The summed E-state index contributed by atoms with van der Waals surface area (Å²) in [6, 6.07) is 0. The lowest BCUT2D eigenvalue weighted by Gasteiger charge is -1.96. The standard InChI is InChI=1S/C19H27I/c1-2-3-4-5-6-7-8-9-10-11-12-13-14-15-16-17-18-19-20/h2-8,13-17H2,1H3. The fourth-order valence-electron chi connectivity index (χ4n) is 1.86. The van der Waals surface area contributed by atoms with E-state index in [4.69, 9.17) is 0 Å². The van der Waals surface area contributed by atoms with Crippen molar-refractivity contribution in [3.05, 3.63) is 0 Å². The Morgan fingerprint density at radius 2 is 1.05 bits per heavy atom. The van der Waals surface area contributed by atoms with E-state index in [0.29, 0.717) is 0 Å². The van der Waals surface area contributed by atoms with Gasteiger partial charge in [0, 0.05) is 41.9 Å². The van der Waals surface area contributed by atoms with Gasteiger partial charge in [-0.25, -0.2) is 0 Å². The van der Waals surface area contributed by atoms with Crippen LogP contribution in [0.1, 0.15) is 84.0 Å². The van der Waals surface area contributed by atoms with E-state index in [1.54, 1.807) is 0 Å². The molecule has 0 saturated carbocycles. The molecule has 0 saturated heterocycles. The van der Waals surface area contributed by atoms with Crippen molar-refractivity contribution in [1.82, 2.24) is 0 Å². The number of hydrogen-bond donors (Lipinski definition) is 0. The van der Waals surface area contributed by atoms with Crippen LogP contribution in [0, 0.1) is 33.5 Å². The Balaban J connectivity index is 3.30. The molecule has 0 rings (SSSR count). The third-order valence-electron chi connectivity index (χ3n) is 3.06. The van der Waals surface area contributed by atoms with Crippen molar-refractivity contribution in [3.8, 4) is 33.5 Å². The summed E-state index contributed by atoms with van der Waals surface area (Å²) < 4.78 is 2.89. The molecule has 0 spiro atoms. The highest BCUT2D eigenvalue weighted by Gasteiger charge is 1.87.